The molecule has 0 atom stereocenters. The van der Waals surface area contributed by atoms with Crippen molar-refractivity contribution in [1.82, 2.24) is 0 Å². The zero-order valence-electron chi connectivity index (χ0n) is 8.85. The number of hydrogen-bond donors (Lipinski definition) is 1. The largest absolute Gasteiger partial charge is 0.478 e. The molecule has 1 aliphatic rings. The lowest BCUT2D eigenvalue weighted by Crippen LogP contribution is -2.29. The van der Waals surface area contributed by atoms with E-state index in [0.29, 0.717) is 12.0 Å². The van der Waals surface area contributed by atoms with E-state index >= 15 is 0 Å². The summed E-state index contributed by atoms with van der Waals surface area (Å²) in [6.45, 7) is 8.45. The molecule has 0 heterocycles. The van der Waals surface area contributed by atoms with Crippen LogP contribution in [0.2, 0.25) is 0 Å². The van der Waals surface area contributed by atoms with Crippen LogP contribution in [0.1, 0.15) is 40.5 Å². The van der Waals surface area contributed by atoms with Crippen molar-refractivity contribution in [2.75, 3.05) is 0 Å². The van der Waals surface area contributed by atoms with Crippen molar-refractivity contribution < 1.29 is 9.90 Å². The minimum atomic E-state index is -0.763. The first kappa shape index (κ1) is 10.3. The second kappa shape index (κ2) is 2.86. The maximum absolute atomic E-state index is 10.9. The molecule has 0 spiro atoms. The minimum absolute atomic E-state index is 0.0233. The third kappa shape index (κ3) is 2.58. The van der Waals surface area contributed by atoms with Gasteiger partial charge in [-0.3, -0.25) is 0 Å². The van der Waals surface area contributed by atoms with Crippen LogP contribution in [0.3, 0.4) is 0 Å². The van der Waals surface area contributed by atoms with E-state index in [1.54, 1.807) is 0 Å². The Kier molecular flexibility index (Phi) is 2.27. The number of aliphatic carboxylic acids is 1. The van der Waals surface area contributed by atoms with Crippen LogP contribution >= 0.6 is 0 Å². The minimum Gasteiger partial charge on any atom is -0.478 e. The number of carboxylic acids is 1. The van der Waals surface area contributed by atoms with Crippen molar-refractivity contribution in [3.05, 3.63) is 11.6 Å². The summed E-state index contributed by atoms with van der Waals surface area (Å²) in [6.07, 6.45) is 3.64. The molecule has 0 aromatic heterocycles. The van der Waals surface area contributed by atoms with Gasteiger partial charge >= 0.3 is 5.97 Å². The Balaban J connectivity index is 2.99. The summed E-state index contributed by atoms with van der Waals surface area (Å²) in [5.41, 5.74) is 0.711. The summed E-state index contributed by atoms with van der Waals surface area (Å²) in [5.74, 6) is -0.763. The molecule has 13 heavy (non-hydrogen) atoms. The number of rotatable bonds is 1. The monoisotopic (exact) mass is 182 g/mol. The predicted octanol–water partition coefficient (Wildman–Crippen LogP) is 2.84. The van der Waals surface area contributed by atoms with Crippen LogP contribution in [0.4, 0.5) is 0 Å². The van der Waals surface area contributed by atoms with Crippen molar-refractivity contribution in [3.63, 3.8) is 0 Å². The second-order valence-electron chi connectivity index (χ2n) is 5.48. The van der Waals surface area contributed by atoms with Crippen molar-refractivity contribution in [2.45, 2.75) is 40.5 Å². The van der Waals surface area contributed by atoms with Gasteiger partial charge in [-0.15, -0.1) is 0 Å². The van der Waals surface area contributed by atoms with Crippen molar-refractivity contribution >= 4 is 5.97 Å². The smallest absolute Gasteiger partial charge is 0.331 e. The second-order valence-corrected chi connectivity index (χ2v) is 5.48. The number of carboxylic acid groups (broad SMARTS) is 1. The summed E-state index contributed by atoms with van der Waals surface area (Å²) < 4.78 is 0. The fraction of sp³-hybridized carbons (Fsp3) is 0.727. The van der Waals surface area contributed by atoms with Crippen LogP contribution < -0.4 is 0 Å². The number of allylic oxidation sites excluding steroid dienone is 1. The van der Waals surface area contributed by atoms with Crippen molar-refractivity contribution in [1.29, 1.82) is 0 Å². The molecule has 1 rings (SSSR count). The van der Waals surface area contributed by atoms with Gasteiger partial charge < -0.3 is 5.11 Å². The van der Waals surface area contributed by atoms with E-state index in [9.17, 15) is 4.79 Å². The van der Waals surface area contributed by atoms with Gasteiger partial charge in [0.25, 0.3) is 0 Å². The van der Waals surface area contributed by atoms with Gasteiger partial charge in [-0.1, -0.05) is 33.8 Å². The highest BCUT2D eigenvalue weighted by atomic mass is 16.4. The van der Waals surface area contributed by atoms with E-state index in [0.717, 1.165) is 6.42 Å². The fourth-order valence-electron chi connectivity index (χ4n) is 2.52. The quantitative estimate of drug-likeness (QED) is 0.677. The van der Waals surface area contributed by atoms with E-state index in [2.05, 4.69) is 27.7 Å². The Morgan fingerprint density at radius 1 is 1.38 bits per heavy atom. The predicted molar refractivity (Wildman–Crippen MR) is 52.5 cm³/mol. The van der Waals surface area contributed by atoms with E-state index < -0.39 is 5.97 Å². The van der Waals surface area contributed by atoms with Gasteiger partial charge in [-0.25, -0.2) is 4.79 Å². The Hall–Kier alpha value is -0.790. The number of hydrogen-bond acceptors (Lipinski definition) is 1. The van der Waals surface area contributed by atoms with Crippen molar-refractivity contribution in [2.24, 2.45) is 10.8 Å². The lowest BCUT2D eigenvalue weighted by molar-refractivity contribution is -0.133. The van der Waals surface area contributed by atoms with E-state index in [4.69, 9.17) is 5.11 Å². The van der Waals surface area contributed by atoms with Crippen LogP contribution in [0.15, 0.2) is 11.6 Å². The van der Waals surface area contributed by atoms with Crippen LogP contribution in [0.5, 0.6) is 0 Å². The highest BCUT2D eigenvalue weighted by Gasteiger charge is 2.34. The Bertz CT molecular complexity index is 259. The van der Waals surface area contributed by atoms with Gasteiger partial charge in [0.1, 0.15) is 0 Å². The maximum Gasteiger partial charge on any atom is 0.331 e. The van der Waals surface area contributed by atoms with Crippen molar-refractivity contribution in [3.8, 4) is 0 Å². The topological polar surface area (TPSA) is 37.3 Å². The maximum atomic E-state index is 10.9. The Labute approximate surface area is 79.6 Å². The average molecular weight is 182 g/mol. The van der Waals surface area contributed by atoms with E-state index in [1.807, 2.05) is 6.08 Å². The molecule has 2 heteroatoms. The molecule has 0 aromatic carbocycles. The summed E-state index contributed by atoms with van der Waals surface area (Å²) in [4.78, 5) is 10.9. The van der Waals surface area contributed by atoms with Gasteiger partial charge in [0.2, 0.25) is 0 Å². The molecule has 0 amide bonds. The SMILES string of the molecule is CC1(C)C=C(C(=O)O)CC(C)(C)C1. The van der Waals surface area contributed by atoms with Crippen LogP contribution in [0, 0.1) is 10.8 Å². The molecule has 74 valence electrons. The molecular formula is C11H18O2. The third-order valence-electron chi connectivity index (χ3n) is 2.44. The zero-order chi connectivity index (χ0) is 10.3. The summed E-state index contributed by atoms with van der Waals surface area (Å²) in [6, 6.07) is 0. The Morgan fingerprint density at radius 3 is 2.31 bits per heavy atom. The highest BCUT2D eigenvalue weighted by molar-refractivity contribution is 5.87. The molecule has 0 saturated carbocycles. The molecule has 0 saturated heterocycles. The molecule has 0 fully saturated rings. The highest BCUT2D eigenvalue weighted by Crippen LogP contribution is 2.44. The fourth-order valence-corrected chi connectivity index (χ4v) is 2.52. The first-order chi connectivity index (χ1) is 5.72. The molecular weight excluding hydrogens is 164 g/mol. The Morgan fingerprint density at radius 2 is 1.92 bits per heavy atom. The molecule has 1 aliphatic carbocycles. The van der Waals surface area contributed by atoms with Gasteiger partial charge in [-0.2, -0.15) is 0 Å². The first-order valence-corrected chi connectivity index (χ1v) is 4.67. The lowest BCUT2D eigenvalue weighted by atomic mass is 9.67. The summed E-state index contributed by atoms with van der Waals surface area (Å²) >= 11 is 0. The molecule has 0 unspecified atom stereocenters. The molecule has 0 bridgehead atoms. The number of carbonyl (C=O) groups is 1. The van der Waals surface area contributed by atoms with Gasteiger partial charge in [-0.05, 0) is 23.7 Å². The summed E-state index contributed by atoms with van der Waals surface area (Å²) in [5, 5.41) is 8.93. The third-order valence-corrected chi connectivity index (χ3v) is 2.44. The lowest BCUT2D eigenvalue weighted by Gasteiger charge is -2.38. The standard InChI is InChI=1S/C11H18O2/c1-10(2)5-8(9(12)13)6-11(3,4)7-10/h5H,6-7H2,1-4H3,(H,12,13). The molecule has 1 N–H and O–H groups in total. The van der Waals surface area contributed by atoms with E-state index in [-0.39, 0.29) is 10.8 Å². The summed E-state index contributed by atoms with van der Waals surface area (Å²) in [7, 11) is 0. The molecule has 0 radical (unpaired) electrons. The van der Waals surface area contributed by atoms with Gasteiger partial charge in [0.15, 0.2) is 0 Å². The van der Waals surface area contributed by atoms with Crippen LogP contribution in [0.25, 0.3) is 0 Å². The zero-order valence-corrected chi connectivity index (χ0v) is 8.85. The molecule has 0 aliphatic heterocycles. The van der Waals surface area contributed by atoms with Crippen LogP contribution in [-0.4, -0.2) is 11.1 Å². The first-order valence-electron chi connectivity index (χ1n) is 4.67. The molecule has 2 nitrogen and oxygen atoms in total. The van der Waals surface area contributed by atoms with E-state index in [1.165, 1.54) is 0 Å². The normalized spacial score (nSPS) is 25.1. The van der Waals surface area contributed by atoms with Crippen LogP contribution in [-0.2, 0) is 4.79 Å². The van der Waals surface area contributed by atoms with Gasteiger partial charge in [0.05, 0.1) is 0 Å². The average Bonchev–Trinajstić information content (AvgIpc) is 1.79. The van der Waals surface area contributed by atoms with Gasteiger partial charge in [0, 0.05) is 5.57 Å². The molecule has 0 aromatic rings.